The van der Waals surface area contributed by atoms with Crippen molar-refractivity contribution >= 4 is 17.9 Å². The molecule has 0 saturated carbocycles. The number of carbonyl (C=O) groups is 3. The summed E-state index contributed by atoms with van der Waals surface area (Å²) in [4.78, 5) is 38.0. The van der Waals surface area contributed by atoms with Crippen LogP contribution in [0.1, 0.15) is 290 Å². The molecule has 1 atom stereocenters. The van der Waals surface area contributed by atoms with Crippen molar-refractivity contribution in [3.8, 4) is 0 Å². The summed E-state index contributed by atoms with van der Waals surface area (Å²) in [6, 6.07) is 0. The number of ether oxygens (including phenoxy) is 3. The maximum Gasteiger partial charge on any atom is 0.306 e. The molecule has 65 heavy (non-hydrogen) atoms. The molecule has 6 nitrogen and oxygen atoms in total. The van der Waals surface area contributed by atoms with Gasteiger partial charge in [-0.15, -0.1) is 0 Å². The van der Waals surface area contributed by atoms with Gasteiger partial charge in [0.05, 0.1) is 0 Å². The second-order valence-electron chi connectivity index (χ2n) is 18.8. The van der Waals surface area contributed by atoms with Crippen LogP contribution in [-0.4, -0.2) is 37.2 Å². The molecule has 0 aliphatic heterocycles. The molecule has 0 aromatic rings. The highest BCUT2D eigenvalue weighted by Crippen LogP contribution is 2.16. The molecule has 0 saturated heterocycles. The Labute approximate surface area is 403 Å². The van der Waals surface area contributed by atoms with E-state index in [0.717, 1.165) is 83.5 Å². The SMILES string of the molecule is CC/C=C\C/C=C\C/C=C\C/C=C\CCCCCCCCCCCCC(=O)OCC(COC(=O)CCCCCCCCCCCC)OC(=O)CCCCCCCCCCCCCCCC. The largest absolute Gasteiger partial charge is 0.462 e. The molecule has 0 amide bonds. The summed E-state index contributed by atoms with van der Waals surface area (Å²) < 4.78 is 16.8. The number of rotatable bonds is 51. The summed E-state index contributed by atoms with van der Waals surface area (Å²) in [5.41, 5.74) is 0. The quantitative estimate of drug-likeness (QED) is 0.0262. The van der Waals surface area contributed by atoms with Crippen LogP contribution < -0.4 is 0 Å². The maximum absolute atomic E-state index is 12.8. The van der Waals surface area contributed by atoms with Crippen LogP contribution in [0.25, 0.3) is 0 Å². The summed E-state index contributed by atoms with van der Waals surface area (Å²) in [6.07, 6.45) is 65.3. The molecular formula is C59H106O6. The minimum Gasteiger partial charge on any atom is -0.462 e. The highest BCUT2D eigenvalue weighted by molar-refractivity contribution is 5.71. The highest BCUT2D eigenvalue weighted by atomic mass is 16.6. The highest BCUT2D eigenvalue weighted by Gasteiger charge is 2.19. The van der Waals surface area contributed by atoms with E-state index in [1.54, 1.807) is 0 Å². The normalized spacial score (nSPS) is 12.4. The third kappa shape index (κ3) is 52.2. The average molecular weight is 911 g/mol. The molecule has 0 N–H and O–H groups in total. The number of hydrogen-bond acceptors (Lipinski definition) is 6. The third-order valence-electron chi connectivity index (χ3n) is 12.3. The smallest absolute Gasteiger partial charge is 0.306 e. The fourth-order valence-electron chi connectivity index (χ4n) is 8.14. The second-order valence-corrected chi connectivity index (χ2v) is 18.8. The Bertz CT molecular complexity index is 1140. The van der Waals surface area contributed by atoms with Crippen LogP contribution in [0.15, 0.2) is 48.6 Å². The molecule has 0 radical (unpaired) electrons. The Morgan fingerprint density at radius 1 is 0.323 bits per heavy atom. The van der Waals surface area contributed by atoms with E-state index in [9.17, 15) is 14.4 Å². The molecule has 0 aromatic carbocycles. The zero-order chi connectivity index (χ0) is 47.2. The van der Waals surface area contributed by atoms with Gasteiger partial charge in [0.2, 0.25) is 0 Å². The Morgan fingerprint density at radius 3 is 0.938 bits per heavy atom. The van der Waals surface area contributed by atoms with Gasteiger partial charge in [-0.25, -0.2) is 0 Å². The van der Waals surface area contributed by atoms with Gasteiger partial charge in [0.25, 0.3) is 0 Å². The fraction of sp³-hybridized carbons (Fsp3) is 0.814. The van der Waals surface area contributed by atoms with Crippen molar-refractivity contribution in [3.05, 3.63) is 48.6 Å². The minimum absolute atomic E-state index is 0.0698. The van der Waals surface area contributed by atoms with Gasteiger partial charge < -0.3 is 14.2 Å². The molecule has 1 unspecified atom stereocenters. The molecule has 0 aliphatic carbocycles. The van der Waals surface area contributed by atoms with E-state index >= 15 is 0 Å². The lowest BCUT2D eigenvalue weighted by Gasteiger charge is -2.18. The molecule has 0 aromatic heterocycles. The van der Waals surface area contributed by atoms with Gasteiger partial charge in [-0.2, -0.15) is 0 Å². The van der Waals surface area contributed by atoms with E-state index in [1.165, 1.54) is 167 Å². The Morgan fingerprint density at radius 2 is 0.600 bits per heavy atom. The molecule has 0 spiro atoms. The predicted molar refractivity (Wildman–Crippen MR) is 279 cm³/mol. The van der Waals surface area contributed by atoms with Gasteiger partial charge in [0, 0.05) is 19.3 Å². The number of carbonyl (C=O) groups excluding carboxylic acids is 3. The summed E-state index contributed by atoms with van der Waals surface area (Å²) in [5, 5.41) is 0. The Kier molecular flexibility index (Phi) is 51.8. The summed E-state index contributed by atoms with van der Waals surface area (Å²) >= 11 is 0. The summed E-state index contributed by atoms with van der Waals surface area (Å²) in [5.74, 6) is -0.862. The van der Waals surface area contributed by atoms with E-state index in [0.29, 0.717) is 19.3 Å². The summed E-state index contributed by atoms with van der Waals surface area (Å²) in [7, 11) is 0. The standard InChI is InChI=1S/C59H106O6/c1-4-7-10-13-16-19-22-24-26-27-28-29-30-31-32-33-34-36-37-40-43-46-49-52-58(61)64-55-56(54-63-57(60)51-48-45-42-39-21-18-15-12-9-6-3)65-59(62)53-50-47-44-41-38-35-25-23-20-17-14-11-8-5-2/h7,10,16,19,24,26,28-29,56H,4-6,8-9,11-15,17-18,20-23,25,27,30-55H2,1-3H3/b10-7-,19-16-,26-24-,29-28-. The van der Waals surface area contributed by atoms with Crippen molar-refractivity contribution in [1.82, 2.24) is 0 Å². The molecule has 0 heterocycles. The van der Waals surface area contributed by atoms with Crippen molar-refractivity contribution < 1.29 is 28.6 Å². The van der Waals surface area contributed by atoms with E-state index < -0.39 is 6.10 Å². The third-order valence-corrected chi connectivity index (χ3v) is 12.3. The first-order valence-electron chi connectivity index (χ1n) is 28.1. The first kappa shape index (κ1) is 62.4. The van der Waals surface area contributed by atoms with Crippen LogP contribution in [-0.2, 0) is 28.6 Å². The number of esters is 3. The Balaban J connectivity index is 4.24. The maximum atomic E-state index is 12.8. The van der Waals surface area contributed by atoms with Crippen molar-refractivity contribution in [2.75, 3.05) is 13.2 Å². The molecule has 6 heteroatoms. The van der Waals surface area contributed by atoms with Crippen molar-refractivity contribution in [1.29, 1.82) is 0 Å². The molecular weight excluding hydrogens is 805 g/mol. The fourth-order valence-corrected chi connectivity index (χ4v) is 8.14. The lowest BCUT2D eigenvalue weighted by atomic mass is 10.0. The monoisotopic (exact) mass is 911 g/mol. The molecule has 378 valence electrons. The van der Waals surface area contributed by atoms with Gasteiger partial charge in [-0.05, 0) is 57.8 Å². The molecule has 0 bridgehead atoms. The van der Waals surface area contributed by atoms with E-state index in [4.69, 9.17) is 14.2 Å². The lowest BCUT2D eigenvalue weighted by Crippen LogP contribution is -2.30. The molecule has 0 rings (SSSR count). The van der Waals surface area contributed by atoms with Gasteiger partial charge in [-0.1, -0.05) is 262 Å². The van der Waals surface area contributed by atoms with Crippen LogP contribution in [0.5, 0.6) is 0 Å². The van der Waals surface area contributed by atoms with Crippen molar-refractivity contribution in [3.63, 3.8) is 0 Å². The topological polar surface area (TPSA) is 78.9 Å². The van der Waals surface area contributed by atoms with Crippen LogP contribution in [0.2, 0.25) is 0 Å². The second kappa shape index (κ2) is 54.0. The minimum atomic E-state index is -0.769. The summed E-state index contributed by atoms with van der Waals surface area (Å²) in [6.45, 7) is 6.54. The Hall–Kier alpha value is -2.63. The number of allylic oxidation sites excluding steroid dienone is 8. The van der Waals surface area contributed by atoms with E-state index in [1.807, 2.05) is 0 Å². The zero-order valence-electron chi connectivity index (χ0n) is 43.3. The average Bonchev–Trinajstić information content (AvgIpc) is 3.30. The van der Waals surface area contributed by atoms with E-state index in [2.05, 4.69) is 69.4 Å². The van der Waals surface area contributed by atoms with Crippen LogP contribution in [0.4, 0.5) is 0 Å². The molecule has 0 fully saturated rings. The van der Waals surface area contributed by atoms with Crippen LogP contribution in [0, 0.1) is 0 Å². The van der Waals surface area contributed by atoms with Gasteiger partial charge in [-0.3, -0.25) is 14.4 Å². The first-order valence-corrected chi connectivity index (χ1v) is 28.1. The zero-order valence-corrected chi connectivity index (χ0v) is 43.3. The lowest BCUT2D eigenvalue weighted by molar-refractivity contribution is -0.167. The van der Waals surface area contributed by atoms with Crippen molar-refractivity contribution in [2.24, 2.45) is 0 Å². The van der Waals surface area contributed by atoms with Crippen LogP contribution in [0.3, 0.4) is 0 Å². The first-order chi connectivity index (χ1) is 32.0. The van der Waals surface area contributed by atoms with Gasteiger partial charge in [0.1, 0.15) is 13.2 Å². The predicted octanol–water partition coefficient (Wildman–Crippen LogP) is 18.7. The van der Waals surface area contributed by atoms with Crippen molar-refractivity contribution in [2.45, 2.75) is 297 Å². The van der Waals surface area contributed by atoms with Gasteiger partial charge >= 0.3 is 17.9 Å². The van der Waals surface area contributed by atoms with Gasteiger partial charge in [0.15, 0.2) is 6.10 Å². The molecule has 0 aliphatic rings. The number of hydrogen-bond donors (Lipinski definition) is 0. The number of unbranched alkanes of at least 4 members (excludes halogenated alkanes) is 32. The van der Waals surface area contributed by atoms with Crippen LogP contribution >= 0.6 is 0 Å². The van der Waals surface area contributed by atoms with E-state index in [-0.39, 0.29) is 31.1 Å².